The summed E-state index contributed by atoms with van der Waals surface area (Å²) in [5.41, 5.74) is 1.72. The van der Waals surface area contributed by atoms with Crippen LogP contribution in [0.2, 0.25) is 0 Å². The number of thiophene rings is 1. The first-order chi connectivity index (χ1) is 14.9. The molecule has 0 unspecified atom stereocenters. The molecule has 0 bridgehead atoms. The molecule has 1 aliphatic carbocycles. The zero-order chi connectivity index (χ0) is 22.0. The van der Waals surface area contributed by atoms with E-state index in [9.17, 15) is 18.0 Å². The number of esters is 1. The van der Waals surface area contributed by atoms with Crippen LogP contribution in [-0.2, 0) is 32.3 Å². The minimum atomic E-state index is -3.62. The van der Waals surface area contributed by atoms with Gasteiger partial charge in [-0.25, -0.2) is 13.2 Å². The quantitative estimate of drug-likeness (QED) is 0.660. The van der Waals surface area contributed by atoms with E-state index in [1.165, 1.54) is 39.9 Å². The van der Waals surface area contributed by atoms with Crippen molar-refractivity contribution in [2.24, 2.45) is 0 Å². The van der Waals surface area contributed by atoms with E-state index in [-0.39, 0.29) is 11.5 Å². The van der Waals surface area contributed by atoms with Gasteiger partial charge in [0.2, 0.25) is 10.0 Å². The van der Waals surface area contributed by atoms with Crippen molar-refractivity contribution in [3.05, 3.63) is 45.8 Å². The molecule has 2 aromatic rings. The van der Waals surface area contributed by atoms with Crippen molar-refractivity contribution in [3.63, 3.8) is 0 Å². The fourth-order valence-electron chi connectivity index (χ4n) is 3.80. The van der Waals surface area contributed by atoms with Crippen LogP contribution in [0.1, 0.15) is 44.5 Å². The number of aryl methyl sites for hydroxylation is 1. The Morgan fingerprint density at radius 1 is 1.16 bits per heavy atom. The maximum Gasteiger partial charge on any atom is 0.341 e. The number of fused-ring (bicyclic) bond motifs is 1. The lowest BCUT2D eigenvalue weighted by atomic mass is 10.1. The highest BCUT2D eigenvalue weighted by atomic mass is 32.2. The maximum atomic E-state index is 12.8. The van der Waals surface area contributed by atoms with Crippen LogP contribution in [0.25, 0.3) is 0 Å². The van der Waals surface area contributed by atoms with E-state index in [1.807, 2.05) is 0 Å². The van der Waals surface area contributed by atoms with Gasteiger partial charge in [0.15, 0.2) is 0 Å². The van der Waals surface area contributed by atoms with Gasteiger partial charge in [0, 0.05) is 23.5 Å². The fraction of sp³-hybridized carbons (Fsp3) is 0.429. The lowest BCUT2D eigenvalue weighted by molar-refractivity contribution is 0.0527. The zero-order valence-electron chi connectivity index (χ0n) is 17.2. The normalized spacial score (nSPS) is 16.7. The van der Waals surface area contributed by atoms with E-state index in [0.29, 0.717) is 42.4 Å². The van der Waals surface area contributed by atoms with Gasteiger partial charge in [-0.3, -0.25) is 4.79 Å². The van der Waals surface area contributed by atoms with Crippen molar-refractivity contribution in [2.75, 3.05) is 38.2 Å². The Kier molecular flexibility index (Phi) is 6.42. The van der Waals surface area contributed by atoms with Gasteiger partial charge < -0.3 is 14.8 Å². The van der Waals surface area contributed by atoms with Crippen LogP contribution in [0.15, 0.2) is 29.2 Å². The van der Waals surface area contributed by atoms with E-state index < -0.39 is 21.9 Å². The predicted octanol–water partition coefficient (Wildman–Crippen LogP) is 2.69. The molecule has 1 amide bonds. The summed E-state index contributed by atoms with van der Waals surface area (Å²) in [4.78, 5) is 26.5. The summed E-state index contributed by atoms with van der Waals surface area (Å²) in [6.45, 7) is 3.36. The molecule has 1 aromatic heterocycles. The number of carbonyl (C=O) groups is 2. The SMILES string of the molecule is CCOC(=O)c1c(NC(=O)c2ccc(S(=O)(=O)N3CCOCC3)cc2)sc2c1CCC2. The van der Waals surface area contributed by atoms with Crippen molar-refractivity contribution >= 4 is 38.2 Å². The van der Waals surface area contributed by atoms with Crippen molar-refractivity contribution in [2.45, 2.75) is 31.1 Å². The molecular formula is C21H24N2O6S2. The third-order valence-corrected chi connectivity index (χ3v) is 8.47. The van der Waals surface area contributed by atoms with Crippen LogP contribution in [0.5, 0.6) is 0 Å². The number of benzene rings is 1. The van der Waals surface area contributed by atoms with E-state index in [4.69, 9.17) is 9.47 Å². The average molecular weight is 465 g/mol. The maximum absolute atomic E-state index is 12.8. The van der Waals surface area contributed by atoms with Crippen LogP contribution in [0, 0.1) is 0 Å². The summed E-state index contributed by atoms with van der Waals surface area (Å²) in [7, 11) is -3.62. The van der Waals surface area contributed by atoms with Gasteiger partial charge in [0.25, 0.3) is 5.91 Å². The van der Waals surface area contributed by atoms with Gasteiger partial charge in [-0.05, 0) is 56.0 Å². The molecule has 8 nitrogen and oxygen atoms in total. The van der Waals surface area contributed by atoms with Crippen LogP contribution < -0.4 is 5.32 Å². The second kappa shape index (κ2) is 9.07. The highest BCUT2D eigenvalue weighted by molar-refractivity contribution is 7.89. The molecule has 1 fully saturated rings. The van der Waals surface area contributed by atoms with E-state index >= 15 is 0 Å². The van der Waals surface area contributed by atoms with Crippen molar-refractivity contribution in [3.8, 4) is 0 Å². The Bertz CT molecular complexity index is 1090. The molecule has 0 atom stereocenters. The zero-order valence-corrected chi connectivity index (χ0v) is 18.8. The smallest absolute Gasteiger partial charge is 0.341 e. The van der Waals surface area contributed by atoms with Gasteiger partial charge in [-0.15, -0.1) is 11.3 Å². The molecule has 0 radical (unpaired) electrons. The minimum absolute atomic E-state index is 0.133. The summed E-state index contributed by atoms with van der Waals surface area (Å²) in [5, 5.41) is 3.30. The largest absolute Gasteiger partial charge is 0.462 e. The van der Waals surface area contributed by atoms with E-state index in [1.54, 1.807) is 6.92 Å². The van der Waals surface area contributed by atoms with Crippen molar-refractivity contribution in [1.29, 1.82) is 0 Å². The molecule has 1 aliphatic heterocycles. The lowest BCUT2D eigenvalue weighted by Gasteiger charge is -2.26. The summed E-state index contributed by atoms with van der Waals surface area (Å²) in [6, 6.07) is 5.82. The number of ether oxygens (including phenoxy) is 2. The number of sulfonamides is 1. The van der Waals surface area contributed by atoms with Gasteiger partial charge >= 0.3 is 5.97 Å². The first-order valence-corrected chi connectivity index (χ1v) is 12.5. The Morgan fingerprint density at radius 3 is 2.55 bits per heavy atom. The highest BCUT2D eigenvalue weighted by Crippen LogP contribution is 2.39. The molecule has 1 aromatic carbocycles. The number of nitrogens with one attached hydrogen (secondary N) is 1. The molecule has 166 valence electrons. The number of carbonyl (C=O) groups excluding carboxylic acids is 2. The Hall–Kier alpha value is -2.27. The Balaban J connectivity index is 1.53. The third kappa shape index (κ3) is 4.38. The first-order valence-electron chi connectivity index (χ1n) is 10.2. The summed E-state index contributed by atoms with van der Waals surface area (Å²) in [6.07, 6.45) is 2.67. The van der Waals surface area contributed by atoms with Crippen LogP contribution in [0.3, 0.4) is 0 Å². The Morgan fingerprint density at radius 2 is 1.87 bits per heavy atom. The number of hydrogen-bond donors (Lipinski definition) is 1. The van der Waals surface area contributed by atoms with Crippen molar-refractivity contribution < 1.29 is 27.5 Å². The standard InChI is InChI=1S/C21H24N2O6S2/c1-2-29-21(25)18-16-4-3-5-17(16)30-20(18)22-19(24)14-6-8-15(9-7-14)31(26,27)23-10-12-28-13-11-23/h6-9H,2-5,10-13H2,1H3,(H,22,24). The second-order valence-electron chi connectivity index (χ2n) is 7.28. The number of hydrogen-bond acceptors (Lipinski definition) is 7. The molecule has 2 aliphatic rings. The molecule has 0 spiro atoms. The second-order valence-corrected chi connectivity index (χ2v) is 10.3. The third-order valence-electron chi connectivity index (χ3n) is 5.35. The molecule has 10 heteroatoms. The van der Waals surface area contributed by atoms with Crippen LogP contribution in [0.4, 0.5) is 5.00 Å². The highest BCUT2D eigenvalue weighted by Gasteiger charge is 2.29. The Labute approximate surface area is 185 Å². The van der Waals surface area contributed by atoms with E-state index in [0.717, 1.165) is 29.7 Å². The van der Waals surface area contributed by atoms with E-state index in [2.05, 4.69) is 5.32 Å². The number of amides is 1. The molecule has 1 saturated heterocycles. The summed E-state index contributed by atoms with van der Waals surface area (Å²) in [5.74, 6) is -0.829. The van der Waals surface area contributed by atoms with Gasteiger partial charge in [0.1, 0.15) is 5.00 Å². The fourth-order valence-corrected chi connectivity index (χ4v) is 6.48. The predicted molar refractivity (Wildman–Crippen MR) is 116 cm³/mol. The van der Waals surface area contributed by atoms with Gasteiger partial charge in [-0.2, -0.15) is 4.31 Å². The average Bonchev–Trinajstić information content (AvgIpc) is 3.35. The molecule has 2 heterocycles. The van der Waals surface area contributed by atoms with Crippen molar-refractivity contribution in [1.82, 2.24) is 4.31 Å². The molecular weight excluding hydrogens is 440 g/mol. The first kappa shape index (κ1) is 21.9. The van der Waals surface area contributed by atoms with Gasteiger partial charge in [0.05, 0.1) is 30.3 Å². The van der Waals surface area contributed by atoms with Crippen LogP contribution in [-0.4, -0.2) is 57.5 Å². The topological polar surface area (TPSA) is 102 Å². The number of anilines is 1. The molecule has 1 N–H and O–H groups in total. The summed E-state index contributed by atoms with van der Waals surface area (Å²) >= 11 is 1.40. The molecule has 31 heavy (non-hydrogen) atoms. The molecule has 4 rings (SSSR count). The number of morpholine rings is 1. The minimum Gasteiger partial charge on any atom is -0.462 e. The summed E-state index contributed by atoms with van der Waals surface area (Å²) < 4.78 is 37.3. The lowest BCUT2D eigenvalue weighted by Crippen LogP contribution is -2.40. The van der Waals surface area contributed by atoms with Gasteiger partial charge in [-0.1, -0.05) is 0 Å². The van der Waals surface area contributed by atoms with Crippen LogP contribution >= 0.6 is 11.3 Å². The number of rotatable bonds is 6. The number of nitrogens with zero attached hydrogens (tertiary/aromatic N) is 1. The monoisotopic (exact) mass is 464 g/mol. The molecule has 0 saturated carbocycles.